The minimum absolute atomic E-state index is 0.0409. The molecule has 36 heavy (non-hydrogen) atoms. The number of fused-ring (bicyclic) bond motifs is 1. The van der Waals surface area contributed by atoms with Gasteiger partial charge in [0.1, 0.15) is 17.2 Å². The summed E-state index contributed by atoms with van der Waals surface area (Å²) in [4.78, 5) is 28.8. The fourth-order valence-corrected chi connectivity index (χ4v) is 4.07. The molecule has 1 aliphatic heterocycles. The van der Waals surface area contributed by atoms with Gasteiger partial charge in [0, 0.05) is 17.2 Å². The predicted octanol–water partition coefficient (Wildman–Crippen LogP) is 5.92. The molecule has 1 amide bonds. The average Bonchev–Trinajstić information content (AvgIpc) is 2.87. The number of carbonyl (C=O) groups is 2. The number of alkyl halides is 2. The van der Waals surface area contributed by atoms with Gasteiger partial charge in [-0.25, -0.2) is 9.90 Å². The van der Waals surface area contributed by atoms with E-state index in [0.717, 1.165) is 5.56 Å². The summed E-state index contributed by atoms with van der Waals surface area (Å²) >= 11 is 6.32. The van der Waals surface area contributed by atoms with Gasteiger partial charge in [-0.3, -0.25) is 9.59 Å². The molecule has 3 aromatic rings. The van der Waals surface area contributed by atoms with Crippen molar-refractivity contribution in [3.63, 3.8) is 0 Å². The number of hydrogen-bond donors (Lipinski definition) is 1. The van der Waals surface area contributed by atoms with Gasteiger partial charge in [0.15, 0.2) is 0 Å². The van der Waals surface area contributed by atoms with Crippen LogP contribution < -0.4 is 9.47 Å². The molecule has 0 radical (unpaired) electrons. The van der Waals surface area contributed by atoms with Gasteiger partial charge in [0.05, 0.1) is 24.1 Å². The number of rotatable bonds is 9. The number of amides is 1. The van der Waals surface area contributed by atoms with E-state index in [-0.39, 0.29) is 29.5 Å². The topological polar surface area (TPSA) is 85.3 Å². The molecule has 1 heterocycles. The van der Waals surface area contributed by atoms with Crippen molar-refractivity contribution in [2.75, 3.05) is 13.2 Å². The highest BCUT2D eigenvalue weighted by molar-refractivity contribution is 6.32. The fourth-order valence-electron chi connectivity index (χ4n) is 3.85. The van der Waals surface area contributed by atoms with Gasteiger partial charge in [0.25, 0.3) is 5.91 Å². The minimum atomic E-state index is -3.17. The summed E-state index contributed by atoms with van der Waals surface area (Å²) in [6.07, 6.45) is 0.693. The molecule has 4 rings (SSSR count). The van der Waals surface area contributed by atoms with E-state index in [2.05, 4.69) is 4.84 Å². The third kappa shape index (κ3) is 6.10. The van der Waals surface area contributed by atoms with Gasteiger partial charge in [-0.05, 0) is 42.7 Å². The molecule has 7 nitrogen and oxygen atoms in total. The molecule has 0 aliphatic carbocycles. The van der Waals surface area contributed by atoms with E-state index in [9.17, 15) is 23.5 Å². The maximum absolute atomic E-state index is 13.0. The standard InChI is InChI=1S/C26H22ClF2NO6/c27-21-14-17(24(31)30(36-26(28)29)12-10-16-4-2-1-3-5-16)6-9-22(21)35-18-7-8-19-20(25(32)33)11-13-34-23(19)15-18/h1-9,14-15,20,26H,10-13H2,(H,32,33). The van der Waals surface area contributed by atoms with Crippen molar-refractivity contribution in [2.45, 2.75) is 25.4 Å². The number of carboxylic acids is 1. The molecule has 188 valence electrons. The van der Waals surface area contributed by atoms with Crippen LogP contribution in [0.1, 0.15) is 33.8 Å². The summed E-state index contributed by atoms with van der Waals surface area (Å²) in [6, 6.07) is 18.0. The summed E-state index contributed by atoms with van der Waals surface area (Å²) in [7, 11) is 0. The number of ether oxygens (including phenoxy) is 2. The summed E-state index contributed by atoms with van der Waals surface area (Å²) in [6.45, 7) is -2.99. The van der Waals surface area contributed by atoms with E-state index in [1.165, 1.54) is 18.2 Å². The Morgan fingerprint density at radius 2 is 1.89 bits per heavy atom. The molecule has 0 spiro atoms. The second-order valence-electron chi connectivity index (χ2n) is 7.98. The quantitative estimate of drug-likeness (QED) is 0.354. The number of hydroxylamine groups is 2. The van der Waals surface area contributed by atoms with Crippen LogP contribution in [0.3, 0.4) is 0 Å². The van der Waals surface area contributed by atoms with E-state index in [1.54, 1.807) is 18.2 Å². The largest absolute Gasteiger partial charge is 0.493 e. The highest BCUT2D eigenvalue weighted by Crippen LogP contribution is 2.38. The fraction of sp³-hybridized carbons (Fsp3) is 0.231. The molecule has 3 aromatic carbocycles. The van der Waals surface area contributed by atoms with E-state index >= 15 is 0 Å². The highest BCUT2D eigenvalue weighted by Gasteiger charge is 2.28. The van der Waals surface area contributed by atoms with E-state index in [0.29, 0.717) is 35.0 Å². The molecule has 10 heteroatoms. The van der Waals surface area contributed by atoms with Crippen LogP contribution in [0.5, 0.6) is 17.2 Å². The van der Waals surface area contributed by atoms with Crippen molar-refractivity contribution in [3.05, 3.63) is 88.4 Å². The van der Waals surface area contributed by atoms with Crippen LogP contribution in [-0.2, 0) is 16.1 Å². The Morgan fingerprint density at radius 1 is 1.11 bits per heavy atom. The van der Waals surface area contributed by atoms with E-state index in [4.69, 9.17) is 21.1 Å². The zero-order chi connectivity index (χ0) is 25.7. The lowest BCUT2D eigenvalue weighted by Crippen LogP contribution is -2.34. The van der Waals surface area contributed by atoms with Gasteiger partial charge in [-0.15, -0.1) is 0 Å². The monoisotopic (exact) mass is 517 g/mol. The van der Waals surface area contributed by atoms with Gasteiger partial charge in [0.2, 0.25) is 0 Å². The second kappa shape index (κ2) is 11.4. The van der Waals surface area contributed by atoms with Gasteiger partial charge >= 0.3 is 12.6 Å². The Kier molecular flexibility index (Phi) is 8.02. The van der Waals surface area contributed by atoms with Crippen molar-refractivity contribution in [3.8, 4) is 17.2 Å². The third-order valence-electron chi connectivity index (χ3n) is 5.61. The molecule has 0 bridgehead atoms. The predicted molar refractivity (Wildman–Crippen MR) is 127 cm³/mol. The lowest BCUT2D eigenvalue weighted by Gasteiger charge is -2.23. The first-order valence-corrected chi connectivity index (χ1v) is 11.5. The van der Waals surface area contributed by atoms with Crippen LogP contribution >= 0.6 is 11.6 Å². The second-order valence-corrected chi connectivity index (χ2v) is 8.39. The van der Waals surface area contributed by atoms with E-state index < -0.39 is 24.4 Å². The highest BCUT2D eigenvalue weighted by atomic mass is 35.5. The third-order valence-corrected chi connectivity index (χ3v) is 5.90. The summed E-state index contributed by atoms with van der Waals surface area (Å²) < 4.78 is 37.3. The number of benzene rings is 3. The lowest BCUT2D eigenvalue weighted by molar-refractivity contribution is -0.256. The summed E-state index contributed by atoms with van der Waals surface area (Å²) in [5.41, 5.74) is 1.46. The van der Waals surface area contributed by atoms with Crippen LogP contribution in [-0.4, -0.2) is 41.8 Å². The molecule has 0 aromatic heterocycles. The number of nitrogens with zero attached hydrogens (tertiary/aromatic N) is 1. The lowest BCUT2D eigenvalue weighted by atomic mass is 9.93. The average molecular weight is 518 g/mol. The Hall–Kier alpha value is -3.69. The normalized spacial score (nSPS) is 14.6. The maximum atomic E-state index is 13.0. The van der Waals surface area contributed by atoms with Crippen LogP contribution in [0, 0.1) is 0 Å². The summed E-state index contributed by atoms with van der Waals surface area (Å²) in [5.74, 6) is -1.38. The van der Waals surface area contributed by atoms with Crippen molar-refractivity contribution < 1.29 is 37.8 Å². The van der Waals surface area contributed by atoms with Crippen LogP contribution in [0.4, 0.5) is 8.78 Å². The summed E-state index contributed by atoms with van der Waals surface area (Å²) in [5, 5.41) is 10.1. The van der Waals surface area contributed by atoms with Gasteiger partial charge < -0.3 is 14.6 Å². The first kappa shape index (κ1) is 25.4. The number of carbonyl (C=O) groups excluding carboxylic acids is 1. The van der Waals surface area contributed by atoms with Crippen LogP contribution in [0.15, 0.2) is 66.7 Å². The van der Waals surface area contributed by atoms with Crippen molar-refractivity contribution >= 4 is 23.5 Å². The first-order valence-electron chi connectivity index (χ1n) is 11.1. The van der Waals surface area contributed by atoms with Gasteiger partial charge in [-0.1, -0.05) is 48.0 Å². The van der Waals surface area contributed by atoms with E-state index in [1.807, 2.05) is 30.3 Å². The zero-order valence-electron chi connectivity index (χ0n) is 18.9. The molecular weight excluding hydrogens is 496 g/mol. The smallest absolute Gasteiger partial charge is 0.365 e. The van der Waals surface area contributed by atoms with Gasteiger partial charge in [-0.2, -0.15) is 8.78 Å². The maximum Gasteiger partial charge on any atom is 0.365 e. The molecule has 0 saturated heterocycles. The number of carboxylic acid groups (broad SMARTS) is 1. The van der Waals surface area contributed by atoms with Crippen LogP contribution in [0.25, 0.3) is 0 Å². The zero-order valence-corrected chi connectivity index (χ0v) is 19.7. The molecule has 1 N–H and O–H groups in total. The number of hydrogen-bond acceptors (Lipinski definition) is 5. The SMILES string of the molecule is O=C(O)C1CCOc2cc(Oc3ccc(C(=O)N(CCc4ccccc4)OC(F)F)cc3Cl)ccc21. The molecule has 0 fully saturated rings. The number of halogens is 3. The van der Waals surface area contributed by atoms with Crippen molar-refractivity contribution in [1.29, 1.82) is 0 Å². The molecular formula is C26H22ClF2NO6. The Morgan fingerprint density at radius 3 is 2.58 bits per heavy atom. The van der Waals surface area contributed by atoms with Crippen molar-refractivity contribution in [2.24, 2.45) is 0 Å². The molecule has 1 aliphatic rings. The van der Waals surface area contributed by atoms with Crippen LogP contribution in [0.2, 0.25) is 5.02 Å². The Bertz CT molecular complexity index is 1240. The molecule has 0 saturated carbocycles. The Balaban J connectivity index is 1.48. The minimum Gasteiger partial charge on any atom is -0.493 e. The van der Waals surface area contributed by atoms with Crippen molar-refractivity contribution in [1.82, 2.24) is 5.06 Å². The molecule has 1 unspecified atom stereocenters. The first-order chi connectivity index (χ1) is 17.3. The molecule has 1 atom stereocenters. The Labute approximate surface area is 210 Å². The number of aliphatic carboxylic acids is 1.